The summed E-state index contributed by atoms with van der Waals surface area (Å²) in [5, 5.41) is 2.10. The first-order valence-electron chi connectivity index (χ1n) is 30.7. The number of rotatable bonds is 45. The van der Waals surface area contributed by atoms with Gasteiger partial charge in [0.15, 0.2) is 6.10 Å². The fourth-order valence-corrected chi connectivity index (χ4v) is 8.09. The molecule has 0 radical (unpaired) electrons. The Bertz CT molecular complexity index is 1220. The van der Waals surface area contributed by atoms with E-state index in [9.17, 15) is 24.0 Å². The zero-order valence-electron chi connectivity index (χ0n) is 50.2. The maximum Gasteiger partial charge on any atom is 0.306 e. The van der Waals surface area contributed by atoms with Crippen molar-refractivity contribution in [3.63, 3.8) is 0 Å². The lowest BCUT2D eigenvalue weighted by Gasteiger charge is -2.18. The second kappa shape index (κ2) is 61.6. The van der Waals surface area contributed by atoms with E-state index in [4.69, 9.17) is 23.7 Å². The van der Waals surface area contributed by atoms with Crippen LogP contribution in [0.25, 0.3) is 0 Å². The molecule has 0 saturated carbocycles. The van der Waals surface area contributed by atoms with Crippen LogP contribution in [0.4, 0.5) is 0 Å². The van der Waals surface area contributed by atoms with Gasteiger partial charge in [-0.3, -0.25) is 24.0 Å². The highest BCUT2D eigenvalue weighted by atomic mass is 16.6. The number of unbranched alkanes of at least 4 members (excludes halogenated alkanes) is 21. The summed E-state index contributed by atoms with van der Waals surface area (Å²) < 4.78 is 27.4. The van der Waals surface area contributed by atoms with Crippen LogP contribution in [0.2, 0.25) is 0 Å². The highest BCUT2D eigenvalue weighted by Gasteiger charge is 2.32. The molecule has 1 aliphatic heterocycles. The number of esters is 3. The van der Waals surface area contributed by atoms with E-state index in [1.54, 1.807) is 0 Å². The molecule has 2 N–H and O–H groups in total. The van der Waals surface area contributed by atoms with E-state index >= 15 is 0 Å². The topological polar surface area (TPSA) is 148 Å². The summed E-state index contributed by atoms with van der Waals surface area (Å²) in [6.45, 7) is 31.2. The normalized spacial score (nSPS) is 14.6. The number of ether oxygens (including phenoxy) is 5. The summed E-state index contributed by atoms with van der Waals surface area (Å²) in [4.78, 5) is 59.1. The number of hydrogen-bond donors (Lipinski definition) is 1. The number of quaternary nitrogens is 1. The number of hydrogen-bond acceptors (Lipinski definition) is 10. The average Bonchev–Trinajstić information content (AvgIpc) is 3.86. The van der Waals surface area contributed by atoms with Crippen molar-refractivity contribution in [2.75, 3.05) is 33.0 Å². The van der Waals surface area contributed by atoms with Gasteiger partial charge in [0, 0.05) is 49.9 Å². The molecule has 11 nitrogen and oxygen atoms in total. The van der Waals surface area contributed by atoms with Gasteiger partial charge in [0.1, 0.15) is 25.0 Å². The molecule has 0 amide bonds. The third kappa shape index (κ3) is 55.1. The Morgan fingerprint density at radius 2 is 0.932 bits per heavy atom. The van der Waals surface area contributed by atoms with Crippen LogP contribution < -0.4 is 5.32 Å². The number of Topliss-reactive ketones (excluding diaryl/α,β-unsaturated/α-hetero) is 1. The molecule has 5 unspecified atom stereocenters. The van der Waals surface area contributed by atoms with Crippen LogP contribution >= 0.6 is 0 Å². The fraction of sp³-hybridized carbons (Fsp3) is 0.887. The minimum Gasteiger partial charge on any atom is -0.492 e. The molecule has 0 aromatic rings. The van der Waals surface area contributed by atoms with Gasteiger partial charge >= 0.3 is 17.9 Å². The summed E-state index contributed by atoms with van der Waals surface area (Å²) in [6.07, 6.45) is 35.3. The predicted molar refractivity (Wildman–Crippen MR) is 305 cm³/mol. The standard InChI is InChI=1S/C36H63NO9.C13H26O.C9H20.2C2H6/c1-5-8-10-12-14-16-18-34(39)44-25-30(7-3)21-36(41)46-33-22-32(37-23-33)27-43-29(4)20-31(24-42-28-38)26-45-35(40)19-17-15-13-11-9-6-2;1-4-6-7-8-9-10-11-13(14)12(3)5-2;1-3-5-7-9-8-6-4-2;2*1-2/h28,30-33,37H,4-27H2,1-3H3;12H,4-11H2,1-3H3;3-9H2,1-2H3;2*1-2H3/p+1. The predicted octanol–water partition coefficient (Wildman–Crippen LogP) is 16.1. The molecular weight excluding hydrogens is 919 g/mol. The van der Waals surface area contributed by atoms with E-state index in [-0.39, 0.29) is 74.0 Å². The highest BCUT2D eigenvalue weighted by molar-refractivity contribution is 5.80. The van der Waals surface area contributed by atoms with Crippen LogP contribution in [0.3, 0.4) is 0 Å². The lowest BCUT2D eigenvalue weighted by Crippen LogP contribution is -2.88. The first-order chi connectivity index (χ1) is 35.4. The zero-order valence-corrected chi connectivity index (χ0v) is 50.2. The van der Waals surface area contributed by atoms with Crippen LogP contribution in [0, 0.1) is 17.8 Å². The van der Waals surface area contributed by atoms with Crippen molar-refractivity contribution in [2.24, 2.45) is 17.8 Å². The zero-order chi connectivity index (χ0) is 55.6. The molecule has 0 aromatic heterocycles. The van der Waals surface area contributed by atoms with Crippen molar-refractivity contribution in [1.82, 2.24) is 0 Å². The Balaban J connectivity index is -0.000000717. The molecule has 0 spiro atoms. The second-order valence-corrected chi connectivity index (χ2v) is 19.9. The largest absolute Gasteiger partial charge is 0.492 e. The third-order valence-corrected chi connectivity index (χ3v) is 13.1. The smallest absolute Gasteiger partial charge is 0.306 e. The minimum atomic E-state index is -0.271. The molecule has 73 heavy (non-hydrogen) atoms. The van der Waals surface area contributed by atoms with Crippen molar-refractivity contribution in [2.45, 2.75) is 307 Å². The van der Waals surface area contributed by atoms with Crippen molar-refractivity contribution in [3.8, 4) is 0 Å². The van der Waals surface area contributed by atoms with Gasteiger partial charge in [-0.1, -0.05) is 231 Å². The molecule has 434 valence electrons. The number of nitrogens with two attached hydrogens (primary N) is 1. The Morgan fingerprint density at radius 3 is 1.34 bits per heavy atom. The molecule has 1 aliphatic rings. The van der Waals surface area contributed by atoms with Gasteiger partial charge in [-0.15, -0.1) is 0 Å². The van der Waals surface area contributed by atoms with Gasteiger partial charge in [-0.25, -0.2) is 0 Å². The van der Waals surface area contributed by atoms with Crippen LogP contribution in [-0.4, -0.2) is 75.3 Å². The van der Waals surface area contributed by atoms with E-state index in [1.807, 2.05) is 41.5 Å². The van der Waals surface area contributed by atoms with E-state index in [0.717, 1.165) is 64.2 Å². The number of ketones is 1. The monoisotopic (exact) mass is 1040 g/mol. The molecule has 1 fully saturated rings. The Kier molecular flexibility index (Phi) is 64.6. The van der Waals surface area contributed by atoms with E-state index in [0.29, 0.717) is 56.8 Å². The minimum absolute atomic E-state index is 0.0557. The van der Waals surface area contributed by atoms with Gasteiger partial charge in [-0.05, 0) is 32.1 Å². The molecule has 1 heterocycles. The van der Waals surface area contributed by atoms with E-state index in [2.05, 4.69) is 53.4 Å². The molecule has 0 aromatic carbocycles. The maximum atomic E-state index is 12.6. The van der Waals surface area contributed by atoms with Crippen LogP contribution in [-0.2, 0) is 47.7 Å². The molecule has 1 rings (SSSR count). The van der Waals surface area contributed by atoms with Crippen molar-refractivity contribution < 1.29 is 53.0 Å². The lowest BCUT2D eigenvalue weighted by molar-refractivity contribution is -0.673. The number of carbonyl (C=O) groups excluding carboxylic acids is 5. The molecular formula is C62H122NO10+. The third-order valence-electron chi connectivity index (χ3n) is 13.1. The van der Waals surface area contributed by atoms with E-state index in [1.165, 1.54) is 116 Å². The summed E-state index contributed by atoms with van der Waals surface area (Å²) in [6, 6.07) is 0.110. The fourth-order valence-electron chi connectivity index (χ4n) is 8.09. The van der Waals surface area contributed by atoms with Crippen molar-refractivity contribution >= 4 is 30.2 Å². The Labute approximate surface area is 451 Å². The van der Waals surface area contributed by atoms with Crippen molar-refractivity contribution in [1.29, 1.82) is 0 Å². The molecule has 0 bridgehead atoms. The Hall–Kier alpha value is -2.95. The van der Waals surface area contributed by atoms with Crippen LogP contribution in [0.5, 0.6) is 0 Å². The second-order valence-electron chi connectivity index (χ2n) is 19.9. The lowest BCUT2D eigenvalue weighted by atomic mass is 9.98. The highest BCUT2D eigenvalue weighted by Crippen LogP contribution is 2.18. The summed E-state index contributed by atoms with van der Waals surface area (Å²) in [7, 11) is 0. The van der Waals surface area contributed by atoms with Gasteiger partial charge in [0.05, 0.1) is 32.0 Å². The molecule has 1 saturated heterocycles. The number of allylic oxidation sites excluding steroid dienone is 1. The van der Waals surface area contributed by atoms with E-state index < -0.39 is 0 Å². The van der Waals surface area contributed by atoms with Crippen LogP contribution in [0.15, 0.2) is 12.3 Å². The summed E-state index contributed by atoms with van der Waals surface area (Å²) in [5.74, 6) is 0.268. The SMILES string of the molecule is C=C(CC(COC=O)COC(=O)CCCCCCCC)OCC1CC(OC(=O)CC(CC)COC(=O)CCCCCCCC)C[NH2+]1.CC.CC.CCCCCCCCC.CCCCCCCCC(=O)C(C)CC. The molecule has 0 aliphatic carbocycles. The maximum absolute atomic E-state index is 12.6. The first-order valence-corrected chi connectivity index (χ1v) is 30.7. The summed E-state index contributed by atoms with van der Waals surface area (Å²) in [5.41, 5.74) is 0. The quantitative estimate of drug-likeness (QED) is 0.0205. The molecule has 11 heteroatoms. The first kappa shape index (κ1) is 76.6. The van der Waals surface area contributed by atoms with Crippen molar-refractivity contribution in [3.05, 3.63) is 12.3 Å². The number of carbonyl (C=O) groups is 5. The molecule has 5 atom stereocenters. The van der Waals surface area contributed by atoms with Gasteiger partial charge in [0.2, 0.25) is 0 Å². The Morgan fingerprint density at radius 1 is 0.521 bits per heavy atom. The van der Waals surface area contributed by atoms with Gasteiger partial charge < -0.3 is 29.0 Å². The summed E-state index contributed by atoms with van der Waals surface area (Å²) >= 11 is 0. The van der Waals surface area contributed by atoms with Gasteiger partial charge in [-0.2, -0.15) is 0 Å². The van der Waals surface area contributed by atoms with Gasteiger partial charge in [0.25, 0.3) is 6.47 Å². The average molecular weight is 1040 g/mol. The van der Waals surface area contributed by atoms with Crippen LogP contribution in [0.1, 0.15) is 295 Å².